The van der Waals surface area contributed by atoms with Crippen LogP contribution in [0.2, 0.25) is 0 Å². The Kier molecular flexibility index (Phi) is 5.97. The van der Waals surface area contributed by atoms with Gasteiger partial charge < -0.3 is 14.7 Å². The minimum absolute atomic E-state index is 0.251. The summed E-state index contributed by atoms with van der Waals surface area (Å²) in [6.07, 6.45) is 0. The fraction of sp³-hybridized carbons (Fsp3) is 0.571. The molecule has 0 spiro atoms. The van der Waals surface area contributed by atoms with Gasteiger partial charge in [-0.3, -0.25) is 0 Å². The van der Waals surface area contributed by atoms with Crippen molar-refractivity contribution in [3.05, 3.63) is 35.4 Å². The summed E-state index contributed by atoms with van der Waals surface area (Å²) in [5.74, 6) is 0. The summed E-state index contributed by atoms with van der Waals surface area (Å²) in [6.45, 7) is 13.6. The largest absolute Gasteiger partial charge is 0.466 e. The van der Waals surface area contributed by atoms with E-state index in [1.807, 2.05) is 0 Å². The highest BCUT2D eigenvalue weighted by molar-refractivity contribution is 7.45. The van der Waals surface area contributed by atoms with E-state index in [0.717, 1.165) is 0 Å². The molecule has 0 aliphatic rings. The zero-order valence-corrected chi connectivity index (χ0v) is 13.4. The summed E-state index contributed by atoms with van der Waals surface area (Å²) in [5.41, 5.74) is 3.34. The van der Waals surface area contributed by atoms with E-state index >= 15 is 0 Å². The number of hydrogen-bond donors (Lipinski definition) is 3. The van der Waals surface area contributed by atoms with Gasteiger partial charge in [-0.15, -0.1) is 0 Å². The molecule has 0 fully saturated rings. The van der Waals surface area contributed by atoms with Crippen LogP contribution in [0.4, 0.5) is 0 Å². The molecule has 19 heavy (non-hydrogen) atoms. The lowest BCUT2D eigenvalue weighted by molar-refractivity contribution is 0.275. The summed E-state index contributed by atoms with van der Waals surface area (Å²) < 4.78 is 8.88. The number of hydrogen-bond acceptors (Lipinski definition) is 1. The highest BCUT2D eigenvalue weighted by Gasteiger charge is 2.18. The van der Waals surface area contributed by atoms with E-state index in [4.69, 9.17) is 19.2 Å². The molecular formula is C14H25O4P. The second-order valence-electron chi connectivity index (χ2n) is 6.59. The fourth-order valence-electron chi connectivity index (χ4n) is 1.45. The lowest BCUT2D eigenvalue weighted by Gasteiger charge is -2.24. The van der Waals surface area contributed by atoms with Crippen molar-refractivity contribution in [2.45, 2.75) is 52.4 Å². The average Bonchev–Trinajstić information content (AvgIpc) is 2.12. The van der Waals surface area contributed by atoms with Gasteiger partial charge >= 0.3 is 7.82 Å². The molecule has 0 aliphatic carbocycles. The summed E-state index contributed by atoms with van der Waals surface area (Å²) in [4.78, 5) is 21.6. The first-order valence-electron chi connectivity index (χ1n) is 6.10. The smallest absolute Gasteiger partial charge is 0.303 e. The molecule has 0 atom stereocenters. The first-order chi connectivity index (χ1) is 8.21. The Morgan fingerprint density at radius 1 is 0.842 bits per heavy atom. The van der Waals surface area contributed by atoms with Crippen LogP contribution in [0.3, 0.4) is 0 Å². The second-order valence-corrected chi connectivity index (χ2v) is 7.62. The molecule has 0 saturated carbocycles. The third kappa shape index (κ3) is 8.95. The summed E-state index contributed by atoms with van der Waals surface area (Å²) in [7, 11) is -4.64. The Morgan fingerprint density at radius 2 is 1.11 bits per heavy atom. The molecule has 1 aromatic carbocycles. The summed E-state index contributed by atoms with van der Waals surface area (Å²) >= 11 is 0. The van der Waals surface area contributed by atoms with E-state index in [-0.39, 0.29) is 10.8 Å². The van der Waals surface area contributed by atoms with Crippen molar-refractivity contribution in [3.8, 4) is 0 Å². The van der Waals surface area contributed by atoms with Crippen LogP contribution in [0, 0.1) is 0 Å². The van der Waals surface area contributed by atoms with Gasteiger partial charge in [0.2, 0.25) is 0 Å². The van der Waals surface area contributed by atoms with Crippen molar-refractivity contribution in [2.24, 2.45) is 0 Å². The molecule has 3 N–H and O–H groups in total. The molecule has 0 radical (unpaired) electrons. The molecule has 0 aliphatic heterocycles. The molecule has 5 heteroatoms. The molecule has 110 valence electrons. The van der Waals surface area contributed by atoms with Gasteiger partial charge in [-0.1, -0.05) is 65.8 Å². The van der Waals surface area contributed by atoms with Crippen LogP contribution in [-0.4, -0.2) is 14.7 Å². The third-order valence-corrected chi connectivity index (χ3v) is 2.59. The number of rotatable bonds is 0. The van der Waals surface area contributed by atoms with E-state index in [0.29, 0.717) is 0 Å². The minimum atomic E-state index is -4.64. The van der Waals surface area contributed by atoms with Gasteiger partial charge in [0.1, 0.15) is 0 Å². The maximum Gasteiger partial charge on any atom is 0.466 e. The van der Waals surface area contributed by atoms with Crippen LogP contribution >= 0.6 is 7.82 Å². The van der Waals surface area contributed by atoms with Gasteiger partial charge in [0.05, 0.1) is 0 Å². The van der Waals surface area contributed by atoms with Crippen molar-refractivity contribution in [2.75, 3.05) is 0 Å². The van der Waals surface area contributed by atoms with Gasteiger partial charge in [-0.05, 0) is 22.0 Å². The van der Waals surface area contributed by atoms with Crippen LogP contribution in [-0.2, 0) is 15.4 Å². The molecule has 4 nitrogen and oxygen atoms in total. The molecule has 0 saturated heterocycles. The fourth-order valence-corrected chi connectivity index (χ4v) is 1.45. The van der Waals surface area contributed by atoms with Crippen molar-refractivity contribution in [1.29, 1.82) is 0 Å². The molecule has 0 unspecified atom stereocenters. The van der Waals surface area contributed by atoms with E-state index < -0.39 is 7.82 Å². The monoisotopic (exact) mass is 288 g/mol. The van der Waals surface area contributed by atoms with Crippen molar-refractivity contribution < 1.29 is 19.2 Å². The highest BCUT2D eigenvalue weighted by Crippen LogP contribution is 2.28. The molecule has 0 heterocycles. The lowest BCUT2D eigenvalue weighted by Crippen LogP contribution is -2.15. The normalized spacial score (nSPS) is 12.7. The van der Waals surface area contributed by atoms with E-state index in [2.05, 4.69) is 65.8 Å². The average molecular weight is 288 g/mol. The lowest BCUT2D eigenvalue weighted by atomic mass is 9.81. The number of phosphoric acid groups is 1. The maximum atomic E-state index is 8.88. The van der Waals surface area contributed by atoms with Gasteiger partial charge in [-0.2, -0.15) is 0 Å². The summed E-state index contributed by atoms with van der Waals surface area (Å²) in [6, 6.07) is 8.94. The Labute approximate surface area is 115 Å². The Morgan fingerprint density at radius 3 is 1.32 bits per heavy atom. The van der Waals surface area contributed by atoms with E-state index in [1.165, 1.54) is 11.1 Å². The quantitative estimate of drug-likeness (QED) is 0.640. The SMILES string of the molecule is CC(C)(C)c1cccc(C(C)(C)C)c1.O=P(O)(O)O. The van der Waals surface area contributed by atoms with Crippen LogP contribution in [0.15, 0.2) is 24.3 Å². The van der Waals surface area contributed by atoms with Crippen LogP contribution in [0.1, 0.15) is 52.7 Å². The van der Waals surface area contributed by atoms with Crippen LogP contribution in [0.5, 0.6) is 0 Å². The van der Waals surface area contributed by atoms with E-state index in [1.54, 1.807) is 0 Å². The third-order valence-electron chi connectivity index (χ3n) is 2.59. The predicted molar refractivity (Wildman–Crippen MR) is 78.1 cm³/mol. The van der Waals surface area contributed by atoms with Crippen LogP contribution in [0.25, 0.3) is 0 Å². The molecular weight excluding hydrogens is 263 g/mol. The summed E-state index contributed by atoms with van der Waals surface area (Å²) in [5, 5.41) is 0. The number of benzene rings is 1. The first kappa shape index (κ1) is 18.3. The predicted octanol–water partition coefficient (Wildman–Crippen LogP) is 3.35. The zero-order chi connectivity index (χ0) is 15.5. The van der Waals surface area contributed by atoms with Crippen molar-refractivity contribution in [3.63, 3.8) is 0 Å². The van der Waals surface area contributed by atoms with Gasteiger partial charge in [0.25, 0.3) is 0 Å². The standard InChI is InChI=1S/C14H22.H3O4P/c1-13(2,3)11-8-7-9-12(10-11)14(4,5)6;1-5(2,3)4/h7-10H,1-6H3;(H3,1,2,3,4). The topological polar surface area (TPSA) is 77.8 Å². The Hall–Kier alpha value is -0.670. The first-order valence-corrected chi connectivity index (χ1v) is 7.67. The van der Waals surface area contributed by atoms with Crippen LogP contribution < -0.4 is 0 Å². The van der Waals surface area contributed by atoms with Crippen molar-refractivity contribution >= 4 is 7.82 Å². The molecule has 1 aromatic rings. The van der Waals surface area contributed by atoms with Gasteiger partial charge in [0, 0.05) is 0 Å². The highest BCUT2D eigenvalue weighted by atomic mass is 31.2. The second kappa shape index (κ2) is 6.19. The molecule has 1 rings (SSSR count). The Balaban J connectivity index is 0.000000555. The molecule has 0 bridgehead atoms. The van der Waals surface area contributed by atoms with Crippen molar-refractivity contribution in [1.82, 2.24) is 0 Å². The zero-order valence-electron chi connectivity index (χ0n) is 12.5. The minimum Gasteiger partial charge on any atom is -0.303 e. The van der Waals surface area contributed by atoms with Gasteiger partial charge in [0.15, 0.2) is 0 Å². The molecule has 0 aromatic heterocycles. The Bertz CT molecular complexity index is 412. The van der Waals surface area contributed by atoms with Gasteiger partial charge in [-0.25, -0.2) is 4.57 Å². The molecule has 0 amide bonds. The maximum absolute atomic E-state index is 8.88. The van der Waals surface area contributed by atoms with E-state index in [9.17, 15) is 0 Å².